The van der Waals surface area contributed by atoms with E-state index in [0.717, 1.165) is 40.1 Å². The predicted octanol–water partition coefficient (Wildman–Crippen LogP) is 8.96. The number of nitrogens with one attached hydrogen (secondary N) is 1. The van der Waals surface area contributed by atoms with Crippen molar-refractivity contribution in [2.24, 2.45) is 23.7 Å². The molecule has 4 saturated carbocycles. The van der Waals surface area contributed by atoms with E-state index in [2.05, 4.69) is 84.2 Å². The molecule has 0 amide bonds. The van der Waals surface area contributed by atoms with Crippen LogP contribution in [0.4, 0.5) is 11.4 Å². The van der Waals surface area contributed by atoms with Crippen LogP contribution in [0.5, 0.6) is 0 Å². The molecule has 5 aliphatic rings. The second-order valence-corrected chi connectivity index (χ2v) is 11.7. The molecule has 4 fully saturated rings. The molecule has 0 unspecified atom stereocenters. The SMILES string of the molecule is Clc1cc2ccccc2cc1Nc1ccc2c(c1)C1(c3ccccc3-2)C2CC3CC(C2)CC1C3. The van der Waals surface area contributed by atoms with Gasteiger partial charge in [0.25, 0.3) is 0 Å². The fourth-order valence-corrected chi connectivity index (χ4v) is 8.91. The van der Waals surface area contributed by atoms with Crippen molar-refractivity contribution in [3.8, 4) is 11.1 Å². The Morgan fingerprint density at radius 2 is 1.29 bits per heavy atom. The summed E-state index contributed by atoms with van der Waals surface area (Å²) < 4.78 is 0. The Hall–Kier alpha value is -2.77. The molecule has 0 saturated heterocycles. The number of hydrogen-bond acceptors (Lipinski definition) is 1. The van der Waals surface area contributed by atoms with Gasteiger partial charge < -0.3 is 5.32 Å². The highest BCUT2D eigenvalue weighted by atomic mass is 35.5. The van der Waals surface area contributed by atoms with Gasteiger partial charge in [-0.2, -0.15) is 0 Å². The fraction of sp³-hybridized carbons (Fsp3) is 0.312. The molecule has 0 aliphatic heterocycles. The summed E-state index contributed by atoms with van der Waals surface area (Å²) >= 11 is 6.72. The van der Waals surface area contributed by atoms with E-state index in [1.807, 2.05) is 0 Å². The molecule has 0 atom stereocenters. The smallest absolute Gasteiger partial charge is 0.0647 e. The minimum Gasteiger partial charge on any atom is -0.354 e. The van der Waals surface area contributed by atoms with Gasteiger partial charge in [0.05, 0.1) is 10.7 Å². The number of anilines is 2. The summed E-state index contributed by atoms with van der Waals surface area (Å²) in [7, 11) is 0. The van der Waals surface area contributed by atoms with Crippen molar-refractivity contribution in [2.45, 2.75) is 37.5 Å². The summed E-state index contributed by atoms with van der Waals surface area (Å²) in [5.74, 6) is 3.49. The van der Waals surface area contributed by atoms with Crippen LogP contribution in [-0.4, -0.2) is 0 Å². The van der Waals surface area contributed by atoms with Crippen LogP contribution in [-0.2, 0) is 5.41 Å². The molecule has 5 aliphatic carbocycles. The van der Waals surface area contributed by atoms with Crippen molar-refractivity contribution >= 4 is 33.7 Å². The van der Waals surface area contributed by atoms with E-state index < -0.39 is 0 Å². The molecule has 34 heavy (non-hydrogen) atoms. The maximum Gasteiger partial charge on any atom is 0.0647 e. The van der Waals surface area contributed by atoms with Crippen LogP contribution >= 0.6 is 11.6 Å². The summed E-state index contributed by atoms with van der Waals surface area (Å²) in [4.78, 5) is 0. The first-order chi connectivity index (χ1) is 16.7. The van der Waals surface area contributed by atoms with E-state index in [9.17, 15) is 0 Å². The zero-order chi connectivity index (χ0) is 22.4. The zero-order valence-corrected chi connectivity index (χ0v) is 20.0. The van der Waals surface area contributed by atoms with Gasteiger partial charge in [-0.3, -0.25) is 0 Å². The van der Waals surface area contributed by atoms with E-state index in [-0.39, 0.29) is 5.41 Å². The van der Waals surface area contributed by atoms with E-state index in [0.29, 0.717) is 0 Å². The van der Waals surface area contributed by atoms with Crippen LogP contribution in [0.15, 0.2) is 78.9 Å². The molecule has 0 heterocycles. The molecule has 0 aromatic heterocycles. The van der Waals surface area contributed by atoms with Crippen LogP contribution < -0.4 is 5.32 Å². The van der Waals surface area contributed by atoms with E-state index in [4.69, 9.17) is 11.6 Å². The summed E-state index contributed by atoms with van der Waals surface area (Å²) in [5.41, 5.74) is 8.44. The van der Waals surface area contributed by atoms with Crippen molar-refractivity contribution in [1.29, 1.82) is 0 Å². The number of rotatable bonds is 2. The monoisotopic (exact) mass is 461 g/mol. The first kappa shape index (κ1) is 19.5. The lowest BCUT2D eigenvalue weighted by molar-refractivity contribution is -0.0399. The summed E-state index contributed by atoms with van der Waals surface area (Å²) in [6, 6.07) is 29.1. The molecule has 0 radical (unpaired) electrons. The minimum absolute atomic E-state index is 0.199. The van der Waals surface area contributed by atoms with Crippen molar-refractivity contribution in [2.75, 3.05) is 5.32 Å². The topological polar surface area (TPSA) is 12.0 Å². The Labute approximate surface area is 206 Å². The molecule has 1 nitrogen and oxygen atoms in total. The van der Waals surface area contributed by atoms with Crippen molar-refractivity contribution in [3.63, 3.8) is 0 Å². The molecule has 1 spiro atoms. The molecule has 1 N–H and O–H groups in total. The Balaban J connectivity index is 1.28. The van der Waals surface area contributed by atoms with Crippen LogP contribution in [0.25, 0.3) is 21.9 Å². The Morgan fingerprint density at radius 1 is 0.647 bits per heavy atom. The van der Waals surface area contributed by atoms with Gasteiger partial charge in [-0.05, 0) is 113 Å². The molecular weight excluding hydrogens is 434 g/mol. The molecule has 168 valence electrons. The number of fused-ring (bicyclic) bond motifs is 4. The molecule has 4 aromatic carbocycles. The second-order valence-electron chi connectivity index (χ2n) is 11.3. The lowest BCUT2D eigenvalue weighted by Crippen LogP contribution is -2.55. The van der Waals surface area contributed by atoms with Crippen LogP contribution in [0.3, 0.4) is 0 Å². The van der Waals surface area contributed by atoms with E-state index >= 15 is 0 Å². The third-order valence-corrected chi connectivity index (χ3v) is 9.98. The van der Waals surface area contributed by atoms with Crippen molar-refractivity contribution in [1.82, 2.24) is 0 Å². The number of hydrogen-bond donors (Lipinski definition) is 1. The number of benzene rings is 4. The Kier molecular flexibility index (Phi) is 3.96. The molecule has 9 rings (SSSR count). The highest BCUT2D eigenvalue weighted by Crippen LogP contribution is 2.69. The third kappa shape index (κ3) is 2.52. The lowest BCUT2D eigenvalue weighted by Gasteiger charge is -2.61. The van der Waals surface area contributed by atoms with Crippen molar-refractivity contribution < 1.29 is 0 Å². The highest BCUT2D eigenvalue weighted by molar-refractivity contribution is 6.34. The maximum atomic E-state index is 6.72. The quantitative estimate of drug-likeness (QED) is 0.314. The standard InChI is InChI=1S/C32H28ClN/c33-30-16-21-5-1-2-6-22(21)17-31(30)34-25-9-10-27-26-7-3-4-8-28(26)32(29(27)18-25)23-12-19-11-20(14-23)15-24(32)13-19/h1-10,16-20,23-24,34H,11-15H2. The fourth-order valence-electron chi connectivity index (χ4n) is 8.69. The highest BCUT2D eigenvalue weighted by Gasteiger charge is 2.61. The zero-order valence-electron chi connectivity index (χ0n) is 19.2. The first-order valence-electron chi connectivity index (χ1n) is 12.9. The van der Waals surface area contributed by atoms with Gasteiger partial charge in [0.1, 0.15) is 0 Å². The Bertz CT molecular complexity index is 1440. The van der Waals surface area contributed by atoms with E-state index in [1.54, 1.807) is 11.1 Å². The summed E-state index contributed by atoms with van der Waals surface area (Å²) in [5, 5.41) is 6.85. The summed E-state index contributed by atoms with van der Waals surface area (Å²) in [6.07, 6.45) is 7.13. The Morgan fingerprint density at radius 3 is 2.06 bits per heavy atom. The van der Waals surface area contributed by atoms with E-state index in [1.165, 1.54) is 54.0 Å². The van der Waals surface area contributed by atoms with Crippen LogP contribution in [0.1, 0.15) is 43.2 Å². The molecule has 4 bridgehead atoms. The first-order valence-corrected chi connectivity index (χ1v) is 13.3. The van der Waals surface area contributed by atoms with Gasteiger partial charge in [-0.1, -0.05) is 66.2 Å². The molecule has 2 heteroatoms. The average Bonchev–Trinajstić information content (AvgIpc) is 3.13. The average molecular weight is 462 g/mol. The normalized spacial score (nSPS) is 30.0. The second kappa shape index (κ2) is 6.89. The number of halogens is 1. The third-order valence-electron chi connectivity index (χ3n) is 9.67. The predicted molar refractivity (Wildman–Crippen MR) is 142 cm³/mol. The van der Waals surface area contributed by atoms with Gasteiger partial charge in [-0.15, -0.1) is 0 Å². The van der Waals surface area contributed by atoms with Gasteiger partial charge in [0.2, 0.25) is 0 Å². The van der Waals surface area contributed by atoms with Crippen molar-refractivity contribution in [3.05, 3.63) is 95.0 Å². The minimum atomic E-state index is 0.199. The van der Waals surface area contributed by atoms with Crippen LogP contribution in [0.2, 0.25) is 5.02 Å². The van der Waals surface area contributed by atoms with Gasteiger partial charge in [0, 0.05) is 11.1 Å². The molecular formula is C32H28ClN. The van der Waals surface area contributed by atoms with Crippen LogP contribution in [0, 0.1) is 23.7 Å². The molecule has 4 aromatic rings. The van der Waals surface area contributed by atoms with Gasteiger partial charge in [-0.25, -0.2) is 0 Å². The lowest BCUT2D eigenvalue weighted by atomic mass is 9.43. The van der Waals surface area contributed by atoms with Gasteiger partial charge in [0.15, 0.2) is 0 Å². The maximum absolute atomic E-state index is 6.72. The summed E-state index contributed by atoms with van der Waals surface area (Å²) in [6.45, 7) is 0. The largest absolute Gasteiger partial charge is 0.354 e. The van der Waals surface area contributed by atoms with Gasteiger partial charge >= 0.3 is 0 Å².